The molecule has 1 N–H and O–H groups in total. The van der Waals surface area contributed by atoms with Crippen LogP contribution in [0.2, 0.25) is 0 Å². The van der Waals surface area contributed by atoms with E-state index in [-0.39, 0.29) is 5.54 Å². The van der Waals surface area contributed by atoms with E-state index in [9.17, 15) is 5.11 Å². The van der Waals surface area contributed by atoms with Gasteiger partial charge in [0.25, 0.3) is 0 Å². The summed E-state index contributed by atoms with van der Waals surface area (Å²) >= 11 is 5.17. The monoisotopic (exact) mass is 331 g/mol. The van der Waals surface area contributed by atoms with Crippen LogP contribution >= 0.6 is 27.3 Å². The largest absolute Gasteiger partial charge is 0.386 e. The zero-order chi connectivity index (χ0) is 13.2. The van der Waals surface area contributed by atoms with Crippen molar-refractivity contribution in [3.63, 3.8) is 0 Å². The summed E-state index contributed by atoms with van der Waals surface area (Å²) in [6, 6.07) is 0. The lowest BCUT2D eigenvalue weighted by Crippen LogP contribution is -2.48. The molecule has 0 aliphatic carbocycles. The Hall–Kier alpha value is 0.1000. The van der Waals surface area contributed by atoms with Crippen LogP contribution < -0.4 is 0 Å². The first kappa shape index (κ1) is 14.5. The van der Waals surface area contributed by atoms with Crippen LogP contribution in [0.3, 0.4) is 0 Å². The second kappa shape index (κ2) is 6.04. The third kappa shape index (κ3) is 2.98. The van der Waals surface area contributed by atoms with Gasteiger partial charge in [0.1, 0.15) is 0 Å². The molecule has 1 saturated heterocycles. The maximum atomic E-state index is 10.7. The van der Waals surface area contributed by atoms with Crippen molar-refractivity contribution in [2.75, 3.05) is 13.1 Å². The summed E-state index contributed by atoms with van der Waals surface area (Å²) < 4.78 is 1.03. The Labute approximate surface area is 122 Å². The minimum Gasteiger partial charge on any atom is -0.386 e. The van der Waals surface area contributed by atoms with E-state index in [1.807, 2.05) is 10.8 Å². The fraction of sp³-hybridized carbons (Fsp3) is 0.714. The van der Waals surface area contributed by atoms with Crippen molar-refractivity contribution in [1.29, 1.82) is 0 Å². The number of rotatable bonds is 3. The molecule has 0 aromatic carbocycles. The predicted molar refractivity (Wildman–Crippen MR) is 81.1 cm³/mol. The standard InChI is InChI=1S/C14H22BrNOS/c1-14(2,16-7-5-3-4-6-8-16)13(17)11-9-18-10-12(11)15/h9-10,13,17H,3-8H2,1-2H3. The van der Waals surface area contributed by atoms with Gasteiger partial charge in [-0.2, -0.15) is 11.3 Å². The Kier molecular flexibility index (Phi) is 4.86. The summed E-state index contributed by atoms with van der Waals surface area (Å²) in [5, 5.41) is 14.8. The highest BCUT2D eigenvalue weighted by Gasteiger charge is 2.36. The molecule has 0 spiro atoms. The SMILES string of the molecule is CC(C)(C(O)c1cscc1Br)N1CCCCCC1. The van der Waals surface area contributed by atoms with E-state index in [4.69, 9.17) is 0 Å². The van der Waals surface area contributed by atoms with E-state index in [0.29, 0.717) is 0 Å². The molecule has 2 nitrogen and oxygen atoms in total. The minimum absolute atomic E-state index is 0.200. The third-order valence-corrected chi connectivity index (χ3v) is 5.78. The van der Waals surface area contributed by atoms with E-state index in [1.165, 1.54) is 25.7 Å². The van der Waals surface area contributed by atoms with Crippen molar-refractivity contribution in [2.24, 2.45) is 0 Å². The van der Waals surface area contributed by atoms with Gasteiger partial charge >= 0.3 is 0 Å². The summed E-state index contributed by atoms with van der Waals surface area (Å²) in [5.74, 6) is 0. The lowest BCUT2D eigenvalue weighted by molar-refractivity contribution is -0.0101. The van der Waals surface area contributed by atoms with Crippen molar-refractivity contribution < 1.29 is 5.11 Å². The highest BCUT2D eigenvalue weighted by Crippen LogP contribution is 2.37. The first-order chi connectivity index (χ1) is 8.53. The Morgan fingerprint density at radius 3 is 2.33 bits per heavy atom. The topological polar surface area (TPSA) is 23.5 Å². The van der Waals surface area contributed by atoms with E-state index in [2.05, 4.69) is 34.7 Å². The molecule has 2 heterocycles. The van der Waals surface area contributed by atoms with Crippen molar-refractivity contribution in [3.8, 4) is 0 Å². The Bertz CT molecular complexity index is 383. The molecule has 4 heteroatoms. The van der Waals surface area contributed by atoms with Gasteiger partial charge in [-0.25, -0.2) is 0 Å². The smallest absolute Gasteiger partial charge is 0.0987 e. The van der Waals surface area contributed by atoms with Crippen LogP contribution in [0.25, 0.3) is 0 Å². The van der Waals surface area contributed by atoms with Crippen LogP contribution in [-0.4, -0.2) is 28.6 Å². The summed E-state index contributed by atoms with van der Waals surface area (Å²) in [7, 11) is 0. The third-order valence-electron chi connectivity index (χ3n) is 4.03. The molecule has 1 aliphatic rings. The summed E-state index contributed by atoms with van der Waals surface area (Å²) in [5.41, 5.74) is 0.822. The van der Waals surface area contributed by atoms with Crippen LogP contribution in [-0.2, 0) is 0 Å². The van der Waals surface area contributed by atoms with Crippen LogP contribution in [0.15, 0.2) is 15.2 Å². The molecule has 1 atom stereocenters. The van der Waals surface area contributed by atoms with Crippen molar-refractivity contribution in [3.05, 3.63) is 20.8 Å². The average molecular weight is 332 g/mol. The van der Waals surface area contributed by atoms with Gasteiger partial charge in [0.2, 0.25) is 0 Å². The normalized spacial score (nSPS) is 20.7. The Morgan fingerprint density at radius 2 is 1.83 bits per heavy atom. The fourth-order valence-corrected chi connectivity index (χ4v) is 4.22. The van der Waals surface area contributed by atoms with Gasteiger partial charge in [0.15, 0.2) is 0 Å². The molecule has 18 heavy (non-hydrogen) atoms. The van der Waals surface area contributed by atoms with Gasteiger partial charge in [-0.15, -0.1) is 0 Å². The summed E-state index contributed by atoms with van der Waals surface area (Å²) in [6.45, 7) is 6.53. The van der Waals surface area contributed by atoms with Crippen molar-refractivity contribution >= 4 is 27.3 Å². The van der Waals surface area contributed by atoms with E-state index >= 15 is 0 Å². The predicted octanol–water partition coefficient (Wildman–Crippen LogP) is 4.20. The molecule has 0 bridgehead atoms. The van der Waals surface area contributed by atoms with Gasteiger partial charge in [0, 0.05) is 21.0 Å². The van der Waals surface area contributed by atoms with Crippen LogP contribution in [0.4, 0.5) is 0 Å². The number of aliphatic hydroxyl groups is 1. The molecular weight excluding hydrogens is 310 g/mol. The average Bonchev–Trinajstić information content (AvgIpc) is 2.61. The highest BCUT2D eigenvalue weighted by atomic mass is 79.9. The number of aliphatic hydroxyl groups excluding tert-OH is 1. The Morgan fingerprint density at radius 1 is 1.22 bits per heavy atom. The summed E-state index contributed by atoms with van der Waals surface area (Å²) in [4.78, 5) is 2.45. The second-order valence-electron chi connectivity index (χ2n) is 5.63. The second-order valence-corrected chi connectivity index (χ2v) is 7.23. The molecule has 0 saturated carbocycles. The fourth-order valence-electron chi connectivity index (χ4n) is 2.69. The van der Waals surface area contributed by atoms with Crippen molar-refractivity contribution in [2.45, 2.75) is 51.2 Å². The number of halogens is 1. The van der Waals surface area contributed by atoms with Gasteiger partial charge in [-0.1, -0.05) is 12.8 Å². The number of nitrogens with zero attached hydrogens (tertiary/aromatic N) is 1. The zero-order valence-electron chi connectivity index (χ0n) is 11.2. The van der Waals surface area contributed by atoms with Crippen LogP contribution in [0.1, 0.15) is 51.2 Å². The van der Waals surface area contributed by atoms with Crippen LogP contribution in [0, 0.1) is 0 Å². The molecule has 1 aromatic heterocycles. The molecule has 1 aromatic rings. The van der Waals surface area contributed by atoms with Gasteiger partial charge in [0.05, 0.1) is 6.10 Å². The maximum absolute atomic E-state index is 10.7. The van der Waals surface area contributed by atoms with E-state index < -0.39 is 6.10 Å². The lowest BCUT2D eigenvalue weighted by Gasteiger charge is -2.41. The minimum atomic E-state index is -0.434. The molecule has 0 amide bonds. The van der Waals surface area contributed by atoms with Gasteiger partial charge in [-0.3, -0.25) is 4.90 Å². The molecule has 1 fully saturated rings. The van der Waals surface area contributed by atoms with Gasteiger partial charge < -0.3 is 5.11 Å². The molecular formula is C14H22BrNOS. The number of likely N-dealkylation sites (tertiary alicyclic amines) is 1. The molecule has 2 rings (SSSR count). The molecule has 0 radical (unpaired) electrons. The number of hydrogen-bond acceptors (Lipinski definition) is 3. The first-order valence-electron chi connectivity index (χ1n) is 6.68. The zero-order valence-corrected chi connectivity index (χ0v) is 13.6. The molecule has 102 valence electrons. The Balaban J connectivity index is 2.16. The van der Waals surface area contributed by atoms with Gasteiger partial charge in [-0.05, 0) is 61.1 Å². The highest BCUT2D eigenvalue weighted by molar-refractivity contribution is 9.10. The lowest BCUT2D eigenvalue weighted by atomic mass is 9.90. The van der Waals surface area contributed by atoms with E-state index in [0.717, 1.165) is 23.1 Å². The van der Waals surface area contributed by atoms with E-state index in [1.54, 1.807) is 11.3 Å². The molecule has 1 aliphatic heterocycles. The quantitative estimate of drug-likeness (QED) is 0.897. The first-order valence-corrected chi connectivity index (χ1v) is 8.42. The molecule has 1 unspecified atom stereocenters. The van der Waals surface area contributed by atoms with Crippen LogP contribution in [0.5, 0.6) is 0 Å². The number of hydrogen-bond donors (Lipinski definition) is 1. The summed E-state index contributed by atoms with van der Waals surface area (Å²) in [6.07, 6.45) is 4.72. The van der Waals surface area contributed by atoms with Crippen molar-refractivity contribution in [1.82, 2.24) is 4.90 Å². The number of thiophene rings is 1. The maximum Gasteiger partial charge on any atom is 0.0987 e.